The van der Waals surface area contributed by atoms with Crippen LogP contribution in [-0.2, 0) is 20.9 Å². The van der Waals surface area contributed by atoms with Gasteiger partial charge in [-0.25, -0.2) is 5.84 Å². The Labute approximate surface area is 174 Å². The van der Waals surface area contributed by atoms with Gasteiger partial charge >= 0.3 is 0 Å². The van der Waals surface area contributed by atoms with Gasteiger partial charge in [-0.2, -0.15) is 0 Å². The van der Waals surface area contributed by atoms with E-state index in [0.717, 1.165) is 30.2 Å². The summed E-state index contributed by atoms with van der Waals surface area (Å²) in [5.74, 6) is 4.65. The van der Waals surface area contributed by atoms with Gasteiger partial charge < -0.3 is 10.1 Å². The summed E-state index contributed by atoms with van der Waals surface area (Å²) in [5.41, 5.74) is 3.14. The number of rotatable bonds is 9. The number of benzene rings is 1. The number of allylic oxidation sites excluding steroid dienone is 1. The van der Waals surface area contributed by atoms with Crippen molar-refractivity contribution in [3.05, 3.63) is 58.5 Å². The van der Waals surface area contributed by atoms with E-state index in [-0.39, 0.29) is 17.8 Å². The van der Waals surface area contributed by atoms with E-state index in [1.165, 1.54) is 23.9 Å². The van der Waals surface area contributed by atoms with Gasteiger partial charge in [0, 0.05) is 42.2 Å². The summed E-state index contributed by atoms with van der Waals surface area (Å²) in [7, 11) is 0. The second-order valence-corrected chi connectivity index (χ2v) is 7.80. The maximum absolute atomic E-state index is 12.0. The molecule has 1 saturated heterocycles. The molecule has 1 fully saturated rings. The number of halogens is 1. The van der Waals surface area contributed by atoms with Crippen LogP contribution in [0.4, 0.5) is 0 Å². The Morgan fingerprint density at radius 1 is 1.43 bits per heavy atom. The fourth-order valence-corrected chi connectivity index (χ4v) is 3.44. The summed E-state index contributed by atoms with van der Waals surface area (Å²) in [5, 5.41) is 3.61. The van der Waals surface area contributed by atoms with E-state index in [4.69, 9.17) is 22.2 Å². The molecule has 1 aromatic rings. The average Bonchev–Trinajstić information content (AvgIpc) is 2.69. The molecule has 152 valence electrons. The van der Waals surface area contributed by atoms with Crippen LogP contribution in [0.5, 0.6) is 0 Å². The molecule has 0 aliphatic carbocycles. The number of ether oxygens (including phenoxy) is 1. The molecule has 0 saturated carbocycles. The van der Waals surface area contributed by atoms with Gasteiger partial charge in [0.1, 0.15) is 0 Å². The Bertz CT molecular complexity index is 729. The van der Waals surface area contributed by atoms with Crippen molar-refractivity contribution >= 4 is 35.2 Å². The van der Waals surface area contributed by atoms with E-state index in [2.05, 4.69) is 16.8 Å². The smallest absolute Gasteiger partial charge is 0.257 e. The zero-order chi connectivity index (χ0) is 20.4. The lowest BCUT2D eigenvalue weighted by Crippen LogP contribution is -2.47. The molecule has 7 nitrogen and oxygen atoms in total. The Morgan fingerprint density at radius 3 is 3.00 bits per heavy atom. The zero-order valence-electron chi connectivity index (χ0n) is 15.5. The summed E-state index contributed by atoms with van der Waals surface area (Å²) in [6.07, 6.45) is 2.72. The predicted octanol–water partition coefficient (Wildman–Crippen LogP) is 1.45. The molecule has 0 radical (unpaired) electrons. The van der Waals surface area contributed by atoms with E-state index in [1.807, 2.05) is 29.7 Å². The third kappa shape index (κ3) is 8.45. The lowest BCUT2D eigenvalue weighted by atomic mass is 10.2. The standard InChI is InChI=1S/C19H25ClN4O3S/c1-14(5-6-18(25)23-21)28-13-19(26)22-10-17-12-24(7-8-27-17)11-15-3-2-4-16(20)9-15/h2-6,9,17H,1,7-8,10-13,21H2,(H,22,26)(H,23,25)/b6-5-/t17-/m0/s1. The molecular weight excluding hydrogens is 400 g/mol. The predicted molar refractivity (Wildman–Crippen MR) is 113 cm³/mol. The molecular formula is C19H25ClN4O3S. The molecule has 0 aromatic heterocycles. The van der Waals surface area contributed by atoms with E-state index >= 15 is 0 Å². The zero-order valence-corrected chi connectivity index (χ0v) is 17.1. The van der Waals surface area contributed by atoms with Gasteiger partial charge in [0.2, 0.25) is 5.91 Å². The van der Waals surface area contributed by atoms with Crippen molar-refractivity contribution in [2.24, 2.45) is 5.84 Å². The molecule has 0 bridgehead atoms. The number of morpholine rings is 1. The number of thioether (sulfide) groups is 1. The normalized spacial score (nSPS) is 17.4. The lowest BCUT2D eigenvalue weighted by Gasteiger charge is -2.33. The Hall–Kier alpha value is -1.84. The quantitative estimate of drug-likeness (QED) is 0.182. The van der Waals surface area contributed by atoms with Gasteiger partial charge in [0.05, 0.1) is 18.5 Å². The van der Waals surface area contributed by atoms with Crippen LogP contribution in [0.2, 0.25) is 5.02 Å². The van der Waals surface area contributed by atoms with Crippen molar-refractivity contribution in [1.29, 1.82) is 0 Å². The second-order valence-electron chi connectivity index (χ2n) is 6.26. The van der Waals surface area contributed by atoms with Crippen LogP contribution in [0, 0.1) is 0 Å². The highest BCUT2D eigenvalue weighted by molar-refractivity contribution is 8.03. The fourth-order valence-electron chi connectivity index (χ4n) is 2.64. The Morgan fingerprint density at radius 2 is 2.25 bits per heavy atom. The van der Waals surface area contributed by atoms with Crippen LogP contribution in [-0.4, -0.2) is 54.8 Å². The van der Waals surface area contributed by atoms with Crippen LogP contribution < -0.4 is 16.6 Å². The molecule has 2 amide bonds. The maximum atomic E-state index is 12.0. The van der Waals surface area contributed by atoms with Crippen molar-refractivity contribution in [2.75, 3.05) is 32.0 Å². The van der Waals surface area contributed by atoms with Crippen LogP contribution in [0.15, 0.2) is 47.9 Å². The molecule has 1 aliphatic rings. The summed E-state index contributed by atoms with van der Waals surface area (Å²) in [6.45, 7) is 7.23. The van der Waals surface area contributed by atoms with Crippen LogP contribution >= 0.6 is 23.4 Å². The molecule has 4 N–H and O–H groups in total. The van der Waals surface area contributed by atoms with Gasteiger partial charge in [0.25, 0.3) is 5.91 Å². The number of carbonyl (C=O) groups is 2. The number of hydrogen-bond donors (Lipinski definition) is 3. The van der Waals surface area contributed by atoms with Crippen molar-refractivity contribution in [1.82, 2.24) is 15.6 Å². The SMILES string of the molecule is C=C(/C=C\C(=O)NN)SCC(=O)NC[C@H]1CN(Cc2cccc(Cl)c2)CCO1. The van der Waals surface area contributed by atoms with Gasteiger partial charge in [-0.05, 0) is 23.8 Å². The minimum atomic E-state index is -0.428. The molecule has 1 aromatic carbocycles. The Balaban J connectivity index is 1.68. The molecule has 2 rings (SSSR count). The number of hydrazine groups is 1. The highest BCUT2D eigenvalue weighted by Gasteiger charge is 2.21. The van der Waals surface area contributed by atoms with Crippen LogP contribution in [0.25, 0.3) is 0 Å². The number of hydrogen-bond acceptors (Lipinski definition) is 6. The summed E-state index contributed by atoms with van der Waals surface area (Å²) in [6, 6.07) is 7.81. The molecule has 9 heteroatoms. The highest BCUT2D eigenvalue weighted by Crippen LogP contribution is 2.15. The van der Waals surface area contributed by atoms with E-state index < -0.39 is 5.91 Å². The maximum Gasteiger partial charge on any atom is 0.257 e. The second kappa shape index (κ2) is 11.9. The van der Waals surface area contributed by atoms with Crippen LogP contribution in [0.3, 0.4) is 0 Å². The molecule has 1 aliphatic heterocycles. The molecule has 28 heavy (non-hydrogen) atoms. The molecule has 0 unspecified atom stereocenters. The van der Waals surface area contributed by atoms with Crippen LogP contribution in [0.1, 0.15) is 5.56 Å². The third-order valence-corrected chi connectivity index (χ3v) is 5.15. The fraction of sp³-hybridized carbons (Fsp3) is 0.368. The molecule has 0 spiro atoms. The van der Waals surface area contributed by atoms with E-state index in [0.29, 0.717) is 18.1 Å². The largest absolute Gasteiger partial charge is 0.374 e. The monoisotopic (exact) mass is 424 g/mol. The van der Waals surface area contributed by atoms with E-state index in [1.54, 1.807) is 0 Å². The summed E-state index contributed by atoms with van der Waals surface area (Å²) >= 11 is 7.29. The lowest BCUT2D eigenvalue weighted by molar-refractivity contribution is -0.120. The van der Waals surface area contributed by atoms with Crippen molar-refractivity contribution in [3.8, 4) is 0 Å². The first-order valence-corrected chi connectivity index (χ1v) is 10.2. The van der Waals surface area contributed by atoms with Crippen molar-refractivity contribution in [3.63, 3.8) is 0 Å². The average molecular weight is 425 g/mol. The topological polar surface area (TPSA) is 96.7 Å². The van der Waals surface area contributed by atoms with Gasteiger partial charge in [-0.15, -0.1) is 11.8 Å². The number of nitrogens with one attached hydrogen (secondary N) is 2. The molecule has 1 atom stereocenters. The van der Waals surface area contributed by atoms with Crippen molar-refractivity contribution < 1.29 is 14.3 Å². The highest BCUT2D eigenvalue weighted by atomic mass is 35.5. The van der Waals surface area contributed by atoms with Gasteiger partial charge in [-0.1, -0.05) is 30.3 Å². The number of nitrogens with two attached hydrogens (primary N) is 1. The molecule has 1 heterocycles. The number of carbonyl (C=O) groups excluding carboxylic acids is 2. The third-order valence-electron chi connectivity index (χ3n) is 4.00. The van der Waals surface area contributed by atoms with Gasteiger partial charge in [0.15, 0.2) is 0 Å². The number of amides is 2. The van der Waals surface area contributed by atoms with Gasteiger partial charge in [-0.3, -0.25) is 19.9 Å². The summed E-state index contributed by atoms with van der Waals surface area (Å²) in [4.78, 5) is 25.9. The number of nitrogens with zero attached hydrogens (tertiary/aromatic N) is 1. The minimum absolute atomic E-state index is 0.0572. The first-order valence-electron chi connectivity index (χ1n) is 8.81. The first kappa shape index (κ1) is 22.4. The Kier molecular flexibility index (Phi) is 9.52. The first-order chi connectivity index (χ1) is 13.5. The van der Waals surface area contributed by atoms with Crippen molar-refractivity contribution in [2.45, 2.75) is 12.6 Å². The minimum Gasteiger partial charge on any atom is -0.374 e. The summed E-state index contributed by atoms with van der Waals surface area (Å²) < 4.78 is 5.75. The van der Waals surface area contributed by atoms with E-state index in [9.17, 15) is 9.59 Å².